The molecule has 2 aromatic rings. The standard InChI is InChI=1S/C17H18ClN5O/c1-22(2)17-15(4-3-8-20-17)24-12-7-9-23(11-12)16-6-5-13(18)14(10-19)21-16/h3-6,8,12H,7,9,11H2,1-2H3/t12-/m0/s1. The minimum atomic E-state index is 0.0518. The van der Waals surface area contributed by atoms with Crippen molar-refractivity contribution in [3.63, 3.8) is 0 Å². The van der Waals surface area contributed by atoms with Crippen LogP contribution in [0.3, 0.4) is 0 Å². The monoisotopic (exact) mass is 343 g/mol. The van der Waals surface area contributed by atoms with Crippen LogP contribution in [0.1, 0.15) is 12.1 Å². The Balaban J connectivity index is 1.71. The maximum Gasteiger partial charge on any atom is 0.170 e. The van der Waals surface area contributed by atoms with Crippen LogP contribution in [0.4, 0.5) is 11.6 Å². The third kappa shape index (κ3) is 3.36. The molecule has 6 nitrogen and oxygen atoms in total. The highest BCUT2D eigenvalue weighted by Crippen LogP contribution is 2.28. The van der Waals surface area contributed by atoms with E-state index in [9.17, 15) is 0 Å². The zero-order chi connectivity index (χ0) is 17.1. The third-order valence-electron chi connectivity index (χ3n) is 3.87. The number of rotatable bonds is 4. The van der Waals surface area contributed by atoms with Gasteiger partial charge in [0.05, 0.1) is 11.6 Å². The van der Waals surface area contributed by atoms with Crippen molar-refractivity contribution in [3.8, 4) is 11.8 Å². The Bertz CT molecular complexity index is 774. The smallest absolute Gasteiger partial charge is 0.170 e. The predicted molar refractivity (Wildman–Crippen MR) is 93.8 cm³/mol. The topological polar surface area (TPSA) is 65.3 Å². The summed E-state index contributed by atoms with van der Waals surface area (Å²) < 4.78 is 6.14. The first-order valence-corrected chi connectivity index (χ1v) is 8.07. The van der Waals surface area contributed by atoms with Gasteiger partial charge in [0.2, 0.25) is 0 Å². The van der Waals surface area contributed by atoms with E-state index in [1.54, 1.807) is 12.3 Å². The van der Waals surface area contributed by atoms with Crippen LogP contribution < -0.4 is 14.5 Å². The molecular weight excluding hydrogens is 326 g/mol. The lowest BCUT2D eigenvalue weighted by molar-refractivity contribution is 0.225. The predicted octanol–water partition coefficient (Wildman–Crippen LogP) is 2.73. The first-order valence-electron chi connectivity index (χ1n) is 7.69. The van der Waals surface area contributed by atoms with Gasteiger partial charge < -0.3 is 14.5 Å². The fourth-order valence-corrected chi connectivity index (χ4v) is 2.86. The molecule has 3 heterocycles. The SMILES string of the molecule is CN(C)c1ncccc1O[C@H]1CCN(c2ccc(Cl)c(C#N)n2)C1. The van der Waals surface area contributed by atoms with E-state index < -0.39 is 0 Å². The van der Waals surface area contributed by atoms with Crippen LogP contribution in [0.25, 0.3) is 0 Å². The second-order valence-electron chi connectivity index (χ2n) is 5.81. The van der Waals surface area contributed by atoms with Crippen molar-refractivity contribution in [1.82, 2.24) is 9.97 Å². The molecule has 1 aliphatic heterocycles. The van der Waals surface area contributed by atoms with Crippen LogP contribution in [0.15, 0.2) is 30.5 Å². The zero-order valence-electron chi connectivity index (χ0n) is 13.6. The molecule has 0 bridgehead atoms. The van der Waals surface area contributed by atoms with E-state index >= 15 is 0 Å². The van der Waals surface area contributed by atoms with Gasteiger partial charge in [-0.1, -0.05) is 11.6 Å². The molecule has 124 valence electrons. The molecule has 0 aliphatic carbocycles. The molecule has 7 heteroatoms. The van der Waals surface area contributed by atoms with Crippen LogP contribution in [0.2, 0.25) is 5.02 Å². The van der Waals surface area contributed by atoms with Gasteiger partial charge in [0.1, 0.15) is 18.0 Å². The third-order valence-corrected chi connectivity index (χ3v) is 4.18. The Morgan fingerprint density at radius 2 is 2.21 bits per heavy atom. The van der Waals surface area contributed by atoms with Gasteiger partial charge in [-0.15, -0.1) is 0 Å². The second kappa shape index (κ2) is 6.93. The van der Waals surface area contributed by atoms with Crippen LogP contribution in [0, 0.1) is 11.3 Å². The van der Waals surface area contributed by atoms with E-state index in [0.29, 0.717) is 11.6 Å². The summed E-state index contributed by atoms with van der Waals surface area (Å²) in [5.41, 5.74) is 0.251. The van der Waals surface area contributed by atoms with Gasteiger partial charge in [-0.05, 0) is 24.3 Å². The number of nitrogens with zero attached hydrogens (tertiary/aromatic N) is 5. The molecule has 1 fully saturated rings. The first-order chi connectivity index (χ1) is 11.6. The number of aromatic nitrogens is 2. The minimum Gasteiger partial charge on any atom is -0.485 e. The molecule has 1 saturated heterocycles. The molecule has 0 aromatic carbocycles. The van der Waals surface area contributed by atoms with Gasteiger partial charge in [-0.2, -0.15) is 5.26 Å². The molecule has 1 atom stereocenters. The van der Waals surface area contributed by atoms with Crippen molar-refractivity contribution in [3.05, 3.63) is 41.2 Å². The summed E-state index contributed by atoms with van der Waals surface area (Å²) in [6.07, 6.45) is 2.69. The lowest BCUT2D eigenvalue weighted by atomic mass is 10.3. The van der Waals surface area contributed by atoms with Crippen molar-refractivity contribution < 1.29 is 4.74 Å². The maximum atomic E-state index is 9.06. The number of nitriles is 1. The summed E-state index contributed by atoms with van der Waals surface area (Å²) in [6.45, 7) is 1.53. The molecule has 0 amide bonds. The summed E-state index contributed by atoms with van der Waals surface area (Å²) in [5, 5.41) is 9.44. The highest BCUT2D eigenvalue weighted by molar-refractivity contribution is 6.31. The summed E-state index contributed by atoms with van der Waals surface area (Å²) in [4.78, 5) is 12.7. The molecular formula is C17H18ClN5O. The Kier molecular flexibility index (Phi) is 4.72. The first kappa shape index (κ1) is 16.3. The van der Waals surface area contributed by atoms with Crippen LogP contribution >= 0.6 is 11.6 Å². The van der Waals surface area contributed by atoms with Crippen molar-refractivity contribution in [2.75, 3.05) is 37.0 Å². The fraction of sp³-hybridized carbons (Fsp3) is 0.353. The van der Waals surface area contributed by atoms with Gasteiger partial charge in [0.25, 0.3) is 0 Å². The summed E-state index contributed by atoms with van der Waals surface area (Å²) in [6, 6.07) is 9.36. The Morgan fingerprint density at radius 1 is 1.38 bits per heavy atom. The van der Waals surface area contributed by atoms with Gasteiger partial charge in [-0.3, -0.25) is 0 Å². The summed E-state index contributed by atoms with van der Waals surface area (Å²) in [7, 11) is 3.88. The second-order valence-corrected chi connectivity index (χ2v) is 6.21. The van der Waals surface area contributed by atoms with E-state index in [1.807, 2.05) is 43.3 Å². The van der Waals surface area contributed by atoms with Gasteiger partial charge in [0.15, 0.2) is 17.3 Å². The molecule has 2 aromatic heterocycles. The van der Waals surface area contributed by atoms with E-state index in [1.165, 1.54) is 0 Å². The average molecular weight is 344 g/mol. The molecule has 0 unspecified atom stereocenters. The molecule has 1 aliphatic rings. The van der Waals surface area contributed by atoms with Crippen LogP contribution in [-0.2, 0) is 0 Å². The molecule has 3 rings (SSSR count). The average Bonchev–Trinajstić information content (AvgIpc) is 3.04. The quantitative estimate of drug-likeness (QED) is 0.850. The van der Waals surface area contributed by atoms with Crippen molar-refractivity contribution in [2.45, 2.75) is 12.5 Å². The van der Waals surface area contributed by atoms with Gasteiger partial charge in [-0.25, -0.2) is 9.97 Å². The fourth-order valence-electron chi connectivity index (χ4n) is 2.71. The Hall–Kier alpha value is -2.52. The van der Waals surface area contributed by atoms with Crippen LogP contribution in [0.5, 0.6) is 5.75 Å². The van der Waals surface area contributed by atoms with E-state index in [-0.39, 0.29) is 11.8 Å². The number of pyridine rings is 2. The van der Waals surface area contributed by atoms with Gasteiger partial charge >= 0.3 is 0 Å². The minimum absolute atomic E-state index is 0.0518. The molecule has 0 radical (unpaired) electrons. The summed E-state index contributed by atoms with van der Waals surface area (Å²) in [5.74, 6) is 2.34. The van der Waals surface area contributed by atoms with Crippen LogP contribution in [-0.4, -0.2) is 43.3 Å². The van der Waals surface area contributed by atoms with Crippen molar-refractivity contribution >= 4 is 23.2 Å². The Labute approximate surface area is 146 Å². The number of ether oxygens (including phenoxy) is 1. The van der Waals surface area contributed by atoms with E-state index in [4.69, 9.17) is 21.6 Å². The molecule has 24 heavy (non-hydrogen) atoms. The number of hydrogen-bond donors (Lipinski definition) is 0. The van der Waals surface area contributed by atoms with Crippen molar-refractivity contribution in [2.24, 2.45) is 0 Å². The molecule has 0 saturated carbocycles. The highest BCUT2D eigenvalue weighted by atomic mass is 35.5. The molecule has 0 spiro atoms. The van der Waals surface area contributed by atoms with Crippen molar-refractivity contribution in [1.29, 1.82) is 5.26 Å². The van der Waals surface area contributed by atoms with E-state index in [2.05, 4.69) is 14.9 Å². The molecule has 0 N–H and O–H groups in total. The maximum absolute atomic E-state index is 9.06. The number of anilines is 2. The summed E-state index contributed by atoms with van der Waals surface area (Å²) >= 11 is 5.95. The lowest BCUT2D eigenvalue weighted by Gasteiger charge is -2.21. The van der Waals surface area contributed by atoms with E-state index in [0.717, 1.165) is 30.4 Å². The zero-order valence-corrected chi connectivity index (χ0v) is 14.4. The lowest BCUT2D eigenvalue weighted by Crippen LogP contribution is -2.26. The normalized spacial score (nSPS) is 16.8. The van der Waals surface area contributed by atoms with Gasteiger partial charge in [0, 0.05) is 33.3 Å². The largest absolute Gasteiger partial charge is 0.485 e. The highest BCUT2D eigenvalue weighted by Gasteiger charge is 2.26. The Morgan fingerprint density at radius 3 is 2.96 bits per heavy atom. The number of halogens is 1. The number of hydrogen-bond acceptors (Lipinski definition) is 6.